The Bertz CT molecular complexity index is 1170. The number of pyridine rings is 1. The summed E-state index contributed by atoms with van der Waals surface area (Å²) in [5.74, 6) is -1.39. The van der Waals surface area contributed by atoms with Crippen LogP contribution in [0.2, 0.25) is 5.02 Å². The van der Waals surface area contributed by atoms with Crippen molar-refractivity contribution in [3.63, 3.8) is 0 Å². The number of benzene rings is 2. The fourth-order valence-electron chi connectivity index (χ4n) is 2.43. The Hall–Kier alpha value is -2.68. The summed E-state index contributed by atoms with van der Waals surface area (Å²) in [6.07, 6.45) is 1.08. The van der Waals surface area contributed by atoms with E-state index in [4.69, 9.17) is 16.7 Å². The number of nitrogens with one attached hydrogen (secondary N) is 2. The van der Waals surface area contributed by atoms with Crippen LogP contribution in [-0.2, 0) is 16.6 Å². The van der Waals surface area contributed by atoms with Gasteiger partial charge in [-0.3, -0.25) is 4.79 Å². The van der Waals surface area contributed by atoms with Crippen molar-refractivity contribution in [2.24, 2.45) is 0 Å². The molecule has 0 bridgehead atoms. The Morgan fingerprint density at radius 1 is 1.19 bits per heavy atom. The van der Waals surface area contributed by atoms with Gasteiger partial charge in [0.05, 0.1) is 4.90 Å². The van der Waals surface area contributed by atoms with E-state index in [-0.39, 0.29) is 16.8 Å². The first-order valence-electron chi connectivity index (χ1n) is 7.41. The van der Waals surface area contributed by atoms with Crippen LogP contribution in [0, 0.1) is 0 Å². The van der Waals surface area contributed by atoms with E-state index in [9.17, 15) is 18.0 Å². The molecule has 1 aromatic heterocycles. The van der Waals surface area contributed by atoms with E-state index in [1.165, 1.54) is 12.1 Å². The second-order valence-electron chi connectivity index (χ2n) is 5.50. The molecule has 0 unspecified atom stereocenters. The SMILES string of the molecule is O=C(O)c1c[nH]c2ccc(S(=O)(=O)NCc3cccc(Cl)c3)cc2c1=O. The highest BCUT2D eigenvalue weighted by molar-refractivity contribution is 7.89. The zero-order valence-electron chi connectivity index (χ0n) is 13.2. The van der Waals surface area contributed by atoms with Crippen LogP contribution in [0.15, 0.2) is 58.4 Å². The van der Waals surface area contributed by atoms with Gasteiger partial charge in [0.15, 0.2) is 0 Å². The zero-order chi connectivity index (χ0) is 18.9. The summed E-state index contributed by atoms with van der Waals surface area (Å²) in [6.45, 7) is 0.0203. The monoisotopic (exact) mass is 392 g/mol. The molecule has 0 radical (unpaired) electrons. The Kier molecular flexibility index (Phi) is 4.82. The maximum atomic E-state index is 12.5. The van der Waals surface area contributed by atoms with Gasteiger partial charge in [-0.15, -0.1) is 0 Å². The van der Waals surface area contributed by atoms with Crippen molar-refractivity contribution < 1.29 is 18.3 Å². The van der Waals surface area contributed by atoms with E-state index in [0.29, 0.717) is 16.1 Å². The van der Waals surface area contributed by atoms with Crippen LogP contribution < -0.4 is 10.2 Å². The Labute approximate surface area is 153 Å². The van der Waals surface area contributed by atoms with E-state index in [1.54, 1.807) is 24.3 Å². The molecule has 3 rings (SSSR count). The van der Waals surface area contributed by atoms with Crippen molar-refractivity contribution in [2.75, 3.05) is 0 Å². The average molecular weight is 393 g/mol. The lowest BCUT2D eigenvalue weighted by Gasteiger charge is -2.08. The van der Waals surface area contributed by atoms with Gasteiger partial charge in [-0.1, -0.05) is 23.7 Å². The summed E-state index contributed by atoms with van der Waals surface area (Å²) in [6, 6.07) is 10.6. The lowest BCUT2D eigenvalue weighted by molar-refractivity contribution is 0.0695. The molecule has 1 heterocycles. The summed E-state index contributed by atoms with van der Waals surface area (Å²) in [5, 5.41) is 9.49. The minimum Gasteiger partial charge on any atom is -0.477 e. The average Bonchev–Trinajstić information content (AvgIpc) is 2.60. The molecule has 9 heteroatoms. The predicted molar refractivity (Wildman–Crippen MR) is 97.0 cm³/mol. The second kappa shape index (κ2) is 6.91. The van der Waals surface area contributed by atoms with Crippen LogP contribution in [0.3, 0.4) is 0 Å². The first kappa shape index (κ1) is 18.1. The van der Waals surface area contributed by atoms with Crippen molar-refractivity contribution >= 4 is 38.5 Å². The van der Waals surface area contributed by atoms with Gasteiger partial charge in [-0.25, -0.2) is 17.9 Å². The third kappa shape index (κ3) is 3.62. The number of halogens is 1. The van der Waals surface area contributed by atoms with E-state index in [1.807, 2.05) is 0 Å². The number of aromatic amines is 1. The lowest BCUT2D eigenvalue weighted by atomic mass is 10.1. The van der Waals surface area contributed by atoms with Crippen molar-refractivity contribution in [1.82, 2.24) is 9.71 Å². The predicted octanol–water partition coefficient (Wildman–Crippen LogP) is 2.36. The standard InChI is InChI=1S/C17H13ClN2O5S/c18-11-3-1-2-10(6-11)8-20-26(24,25)12-4-5-15-13(7-12)16(21)14(9-19-15)17(22)23/h1-7,9,20H,8H2,(H,19,21)(H,22,23). The highest BCUT2D eigenvalue weighted by Gasteiger charge is 2.17. The van der Waals surface area contributed by atoms with Crippen LogP contribution >= 0.6 is 11.6 Å². The topological polar surface area (TPSA) is 116 Å². The molecule has 2 aromatic carbocycles. The first-order valence-corrected chi connectivity index (χ1v) is 9.27. The number of hydrogen-bond donors (Lipinski definition) is 3. The number of sulfonamides is 1. The summed E-state index contributed by atoms with van der Waals surface area (Å²) >= 11 is 5.87. The molecule has 0 saturated heterocycles. The van der Waals surface area contributed by atoms with E-state index < -0.39 is 27.0 Å². The molecule has 0 atom stereocenters. The summed E-state index contributed by atoms with van der Waals surface area (Å²) in [7, 11) is -3.91. The van der Waals surface area contributed by atoms with Gasteiger partial charge in [0.2, 0.25) is 15.5 Å². The van der Waals surface area contributed by atoms with E-state index in [2.05, 4.69) is 9.71 Å². The van der Waals surface area contributed by atoms with Crippen LogP contribution in [0.5, 0.6) is 0 Å². The summed E-state index contributed by atoms with van der Waals surface area (Å²) < 4.78 is 27.4. The van der Waals surface area contributed by atoms with E-state index in [0.717, 1.165) is 12.3 Å². The second-order valence-corrected chi connectivity index (χ2v) is 7.70. The lowest BCUT2D eigenvalue weighted by Crippen LogP contribution is -2.23. The highest BCUT2D eigenvalue weighted by Crippen LogP contribution is 2.17. The number of carbonyl (C=O) groups is 1. The van der Waals surface area contributed by atoms with Crippen LogP contribution in [0.1, 0.15) is 15.9 Å². The molecule has 0 aliphatic rings. The molecule has 0 fully saturated rings. The Morgan fingerprint density at radius 3 is 2.65 bits per heavy atom. The van der Waals surface area contributed by atoms with Crippen LogP contribution in [-0.4, -0.2) is 24.5 Å². The number of carboxylic acid groups (broad SMARTS) is 1. The number of rotatable bonds is 5. The van der Waals surface area contributed by atoms with Crippen LogP contribution in [0.25, 0.3) is 10.9 Å². The normalized spacial score (nSPS) is 11.6. The van der Waals surface area contributed by atoms with Gasteiger partial charge in [0, 0.05) is 28.7 Å². The molecule has 0 amide bonds. The largest absolute Gasteiger partial charge is 0.477 e. The third-order valence-corrected chi connectivity index (χ3v) is 5.38. The van der Waals surface area contributed by atoms with Crippen LogP contribution in [0.4, 0.5) is 0 Å². The minimum absolute atomic E-state index is 0.0180. The molecule has 0 saturated carbocycles. The van der Waals surface area contributed by atoms with Gasteiger partial charge in [0.25, 0.3) is 0 Å². The minimum atomic E-state index is -3.91. The maximum absolute atomic E-state index is 12.5. The van der Waals surface area contributed by atoms with Crippen molar-refractivity contribution in [3.8, 4) is 0 Å². The van der Waals surface area contributed by atoms with Crippen molar-refractivity contribution in [3.05, 3.63) is 75.0 Å². The summed E-state index contributed by atoms with van der Waals surface area (Å²) in [5.41, 5.74) is -0.196. The number of fused-ring (bicyclic) bond motifs is 1. The fourth-order valence-corrected chi connectivity index (χ4v) is 3.69. The molecule has 7 nitrogen and oxygen atoms in total. The molecule has 3 aromatic rings. The van der Waals surface area contributed by atoms with Crippen molar-refractivity contribution in [2.45, 2.75) is 11.4 Å². The number of hydrogen-bond acceptors (Lipinski definition) is 4. The summed E-state index contributed by atoms with van der Waals surface area (Å²) in [4.78, 5) is 25.8. The number of aromatic nitrogens is 1. The molecule has 0 aliphatic heterocycles. The molecule has 26 heavy (non-hydrogen) atoms. The molecule has 134 valence electrons. The van der Waals surface area contributed by atoms with E-state index >= 15 is 0 Å². The van der Waals surface area contributed by atoms with Gasteiger partial charge in [-0.2, -0.15) is 0 Å². The fraction of sp³-hybridized carbons (Fsp3) is 0.0588. The maximum Gasteiger partial charge on any atom is 0.341 e. The Balaban J connectivity index is 1.96. The molecular weight excluding hydrogens is 380 g/mol. The quantitative estimate of drug-likeness (QED) is 0.616. The first-order chi connectivity index (χ1) is 12.3. The Morgan fingerprint density at radius 2 is 1.96 bits per heavy atom. The highest BCUT2D eigenvalue weighted by atomic mass is 35.5. The third-order valence-electron chi connectivity index (χ3n) is 3.75. The number of H-pyrrole nitrogens is 1. The smallest absolute Gasteiger partial charge is 0.341 e. The number of aromatic carboxylic acids is 1. The number of carboxylic acids is 1. The van der Waals surface area contributed by atoms with Gasteiger partial charge in [0.1, 0.15) is 5.56 Å². The van der Waals surface area contributed by atoms with Gasteiger partial charge < -0.3 is 10.1 Å². The van der Waals surface area contributed by atoms with Gasteiger partial charge >= 0.3 is 5.97 Å². The zero-order valence-corrected chi connectivity index (χ0v) is 14.8. The molecule has 3 N–H and O–H groups in total. The molecule has 0 spiro atoms. The van der Waals surface area contributed by atoms with Gasteiger partial charge in [-0.05, 0) is 35.9 Å². The molecule has 0 aliphatic carbocycles. The van der Waals surface area contributed by atoms with Crippen molar-refractivity contribution in [1.29, 1.82) is 0 Å². The molecular formula is C17H13ClN2O5S.